The Bertz CT molecular complexity index is 1360. The van der Waals surface area contributed by atoms with Crippen molar-refractivity contribution in [2.45, 2.75) is 32.1 Å². The van der Waals surface area contributed by atoms with Gasteiger partial charge in [-0.05, 0) is 61.7 Å². The number of fused-ring (bicyclic) bond motifs is 1. The minimum absolute atomic E-state index is 0.118. The summed E-state index contributed by atoms with van der Waals surface area (Å²) >= 11 is 1.52. The number of anilines is 1. The van der Waals surface area contributed by atoms with Crippen LogP contribution in [0, 0.1) is 20.8 Å². The van der Waals surface area contributed by atoms with Crippen molar-refractivity contribution in [1.29, 1.82) is 0 Å². The molecule has 160 valence electrons. The number of carbonyl (C=O) groups is 1. The largest absolute Gasteiger partial charge is 0.310 e. The molecule has 4 rings (SSSR count). The van der Waals surface area contributed by atoms with Crippen LogP contribution in [-0.4, -0.2) is 35.3 Å². The van der Waals surface area contributed by atoms with Crippen molar-refractivity contribution < 1.29 is 13.2 Å². The minimum atomic E-state index is -3.26. The lowest BCUT2D eigenvalue weighted by molar-refractivity contribution is -0.115. The topological polar surface area (TPSA) is 94.0 Å². The molecular formula is C22H22N4O3S2. The highest BCUT2D eigenvalue weighted by molar-refractivity contribution is 7.90. The van der Waals surface area contributed by atoms with E-state index in [-0.39, 0.29) is 17.2 Å². The molecule has 2 heterocycles. The lowest BCUT2D eigenvalue weighted by Gasteiger charge is -2.07. The molecular weight excluding hydrogens is 432 g/mol. The number of thiazole rings is 1. The number of carbonyl (C=O) groups excluding carboxylic acids is 1. The maximum absolute atomic E-state index is 12.6. The van der Waals surface area contributed by atoms with Gasteiger partial charge in [0.15, 0.2) is 9.84 Å². The summed E-state index contributed by atoms with van der Waals surface area (Å²) in [7, 11) is -3.26. The van der Waals surface area contributed by atoms with Gasteiger partial charge in [-0.3, -0.25) is 4.79 Å². The highest BCUT2D eigenvalue weighted by atomic mass is 32.2. The van der Waals surface area contributed by atoms with Crippen LogP contribution in [0.1, 0.15) is 22.4 Å². The van der Waals surface area contributed by atoms with Crippen molar-refractivity contribution in [1.82, 2.24) is 14.8 Å². The number of aromatic nitrogens is 3. The van der Waals surface area contributed by atoms with Crippen LogP contribution in [0.3, 0.4) is 0 Å². The molecule has 0 bridgehead atoms. The molecule has 0 aliphatic carbocycles. The summed E-state index contributed by atoms with van der Waals surface area (Å²) in [6.45, 7) is 5.98. The summed E-state index contributed by atoms with van der Waals surface area (Å²) < 4.78 is 25.9. The average molecular weight is 455 g/mol. The van der Waals surface area contributed by atoms with Gasteiger partial charge in [-0.2, -0.15) is 9.78 Å². The van der Waals surface area contributed by atoms with E-state index < -0.39 is 9.84 Å². The normalized spacial score (nSPS) is 11.7. The Morgan fingerprint density at radius 3 is 2.42 bits per heavy atom. The van der Waals surface area contributed by atoms with Crippen LogP contribution in [0.2, 0.25) is 0 Å². The Hall–Kier alpha value is -3.04. The first kappa shape index (κ1) is 21.2. The van der Waals surface area contributed by atoms with Crippen LogP contribution >= 0.6 is 11.3 Å². The zero-order valence-electron chi connectivity index (χ0n) is 17.6. The number of rotatable bonds is 5. The molecule has 9 heteroatoms. The van der Waals surface area contributed by atoms with Crippen molar-refractivity contribution in [3.8, 4) is 5.13 Å². The van der Waals surface area contributed by atoms with Crippen LogP contribution in [-0.2, 0) is 21.1 Å². The number of hydrogen-bond acceptors (Lipinski definition) is 6. The molecule has 0 radical (unpaired) electrons. The van der Waals surface area contributed by atoms with E-state index in [1.54, 1.807) is 22.9 Å². The molecule has 31 heavy (non-hydrogen) atoms. The van der Waals surface area contributed by atoms with E-state index in [1.807, 2.05) is 6.92 Å². The molecule has 1 amide bonds. The number of nitrogens with zero attached hydrogens (tertiary/aromatic N) is 3. The van der Waals surface area contributed by atoms with Crippen molar-refractivity contribution >= 4 is 43.1 Å². The van der Waals surface area contributed by atoms with Gasteiger partial charge in [-0.15, -0.1) is 0 Å². The maximum atomic E-state index is 12.6. The van der Waals surface area contributed by atoms with E-state index in [2.05, 4.69) is 36.4 Å². The quantitative estimate of drug-likeness (QED) is 0.492. The molecule has 4 aromatic rings. The third kappa shape index (κ3) is 4.52. The minimum Gasteiger partial charge on any atom is -0.310 e. The summed E-state index contributed by atoms with van der Waals surface area (Å²) in [5.41, 5.74) is 4.77. The third-order valence-corrected chi connectivity index (χ3v) is 7.11. The number of amides is 1. The van der Waals surface area contributed by atoms with Crippen molar-refractivity contribution in [3.05, 3.63) is 64.8 Å². The second kappa shape index (κ2) is 7.90. The Balaban J connectivity index is 1.57. The van der Waals surface area contributed by atoms with Crippen LogP contribution < -0.4 is 5.32 Å². The van der Waals surface area contributed by atoms with E-state index in [9.17, 15) is 13.2 Å². The Morgan fingerprint density at radius 2 is 1.74 bits per heavy atom. The molecule has 2 aromatic heterocycles. The summed E-state index contributed by atoms with van der Waals surface area (Å²) in [6.07, 6.45) is 1.27. The zero-order chi connectivity index (χ0) is 22.3. The fourth-order valence-corrected chi connectivity index (χ4v) is 4.86. The van der Waals surface area contributed by atoms with Gasteiger partial charge in [0, 0.05) is 12.3 Å². The average Bonchev–Trinajstić information content (AvgIpc) is 3.24. The van der Waals surface area contributed by atoms with Gasteiger partial charge in [0.25, 0.3) is 0 Å². The molecule has 0 atom stereocenters. The maximum Gasteiger partial charge on any atom is 0.229 e. The first-order valence-electron chi connectivity index (χ1n) is 9.64. The SMILES string of the molecule is Cc1cc(NC(=O)Cc2ccc(S(C)(=O)=O)cc2)n(-c2nc3cc(C)c(C)cc3s2)n1. The second-order valence-electron chi connectivity index (χ2n) is 7.62. The van der Waals surface area contributed by atoms with Gasteiger partial charge in [-0.25, -0.2) is 13.4 Å². The Morgan fingerprint density at radius 1 is 1.06 bits per heavy atom. The number of aryl methyl sites for hydroxylation is 3. The van der Waals surface area contributed by atoms with Crippen molar-refractivity contribution in [2.24, 2.45) is 0 Å². The van der Waals surface area contributed by atoms with Crippen molar-refractivity contribution in [2.75, 3.05) is 11.6 Å². The molecule has 0 saturated heterocycles. The van der Waals surface area contributed by atoms with E-state index >= 15 is 0 Å². The van der Waals surface area contributed by atoms with E-state index in [1.165, 1.54) is 34.6 Å². The highest BCUT2D eigenvalue weighted by Gasteiger charge is 2.16. The lowest BCUT2D eigenvalue weighted by atomic mass is 10.1. The predicted octanol–water partition coefficient (Wildman–Crippen LogP) is 3.99. The fourth-order valence-electron chi connectivity index (χ4n) is 3.22. The monoisotopic (exact) mass is 454 g/mol. The Labute approximate surface area is 184 Å². The van der Waals surface area contributed by atoms with E-state index in [0.29, 0.717) is 10.9 Å². The summed E-state index contributed by atoms with van der Waals surface area (Å²) in [5, 5.41) is 8.08. The molecule has 1 N–H and O–H groups in total. The van der Waals surface area contributed by atoms with Crippen LogP contribution in [0.15, 0.2) is 47.4 Å². The van der Waals surface area contributed by atoms with Crippen LogP contribution in [0.5, 0.6) is 0 Å². The van der Waals surface area contributed by atoms with Gasteiger partial charge in [0.1, 0.15) is 5.82 Å². The van der Waals surface area contributed by atoms with Gasteiger partial charge >= 0.3 is 0 Å². The molecule has 0 unspecified atom stereocenters. The fraction of sp³-hybridized carbons (Fsp3) is 0.227. The van der Waals surface area contributed by atoms with Gasteiger partial charge in [0.2, 0.25) is 11.0 Å². The molecule has 0 aliphatic heterocycles. The first-order valence-corrected chi connectivity index (χ1v) is 12.3. The smallest absolute Gasteiger partial charge is 0.229 e. The predicted molar refractivity (Wildman–Crippen MR) is 123 cm³/mol. The third-order valence-electron chi connectivity index (χ3n) is 4.99. The molecule has 7 nitrogen and oxygen atoms in total. The Kier molecular flexibility index (Phi) is 5.40. The van der Waals surface area contributed by atoms with Gasteiger partial charge in [0.05, 0.1) is 27.2 Å². The molecule has 0 fully saturated rings. The summed E-state index contributed by atoms with van der Waals surface area (Å²) in [6, 6.07) is 12.3. The summed E-state index contributed by atoms with van der Waals surface area (Å²) in [5.74, 6) is 0.323. The molecule has 2 aromatic carbocycles. The number of benzene rings is 2. The van der Waals surface area contributed by atoms with Crippen LogP contribution in [0.4, 0.5) is 5.82 Å². The molecule has 0 spiro atoms. The molecule has 0 aliphatic rings. The van der Waals surface area contributed by atoms with Crippen LogP contribution in [0.25, 0.3) is 15.3 Å². The van der Waals surface area contributed by atoms with E-state index in [4.69, 9.17) is 4.98 Å². The zero-order valence-corrected chi connectivity index (χ0v) is 19.3. The highest BCUT2D eigenvalue weighted by Crippen LogP contribution is 2.29. The number of nitrogens with one attached hydrogen (secondary N) is 1. The number of hydrogen-bond donors (Lipinski definition) is 1. The lowest BCUT2D eigenvalue weighted by Crippen LogP contribution is -2.17. The summed E-state index contributed by atoms with van der Waals surface area (Å²) in [4.78, 5) is 17.6. The number of sulfone groups is 1. The van der Waals surface area contributed by atoms with Crippen molar-refractivity contribution in [3.63, 3.8) is 0 Å². The first-order chi connectivity index (χ1) is 14.6. The van der Waals surface area contributed by atoms with Gasteiger partial charge < -0.3 is 5.32 Å². The second-order valence-corrected chi connectivity index (χ2v) is 10.6. The standard InChI is InChI=1S/C22H22N4O3S2/c1-13-9-18-19(10-14(13)2)30-22(23-18)26-20(11-15(3)25-26)24-21(27)12-16-5-7-17(8-6-16)31(4,28)29/h5-11H,12H2,1-4H3,(H,24,27). The molecule has 0 saturated carbocycles. The van der Waals surface area contributed by atoms with E-state index in [0.717, 1.165) is 27.7 Å². The van der Waals surface area contributed by atoms with Gasteiger partial charge in [-0.1, -0.05) is 23.5 Å².